The van der Waals surface area contributed by atoms with Gasteiger partial charge in [0.1, 0.15) is 11.9 Å². The summed E-state index contributed by atoms with van der Waals surface area (Å²) in [6, 6.07) is 0. The van der Waals surface area contributed by atoms with Gasteiger partial charge in [0.05, 0.1) is 5.57 Å². The van der Waals surface area contributed by atoms with Crippen molar-refractivity contribution in [1.82, 2.24) is 0 Å². The van der Waals surface area contributed by atoms with Crippen molar-refractivity contribution in [3.63, 3.8) is 0 Å². The highest BCUT2D eigenvalue weighted by Crippen LogP contribution is 2.26. The molecule has 56 valence electrons. The molecule has 0 saturated carbocycles. The first kappa shape index (κ1) is 6.40. The Kier molecular flexibility index (Phi) is 1.22. The number of carbonyl (C=O) groups is 1. The predicted molar refractivity (Wildman–Crippen MR) is 40.9 cm³/mol. The van der Waals surface area contributed by atoms with Crippen LogP contribution in [-0.4, -0.2) is 11.9 Å². The van der Waals surface area contributed by atoms with Gasteiger partial charge in [0.25, 0.3) is 0 Å². The summed E-state index contributed by atoms with van der Waals surface area (Å²) in [4.78, 5) is 11.1. The zero-order valence-corrected chi connectivity index (χ0v) is 6.20. The van der Waals surface area contributed by atoms with Crippen LogP contribution < -0.4 is 0 Å². The topological polar surface area (TPSA) is 26.3 Å². The van der Waals surface area contributed by atoms with Crippen LogP contribution >= 0.6 is 0 Å². The lowest BCUT2D eigenvalue weighted by atomic mass is 10.1. The van der Waals surface area contributed by atoms with Crippen LogP contribution in [0.15, 0.2) is 35.6 Å². The lowest BCUT2D eigenvalue weighted by Gasteiger charge is -2.06. The van der Waals surface area contributed by atoms with Gasteiger partial charge in [-0.25, -0.2) is 0 Å². The SMILES string of the molecule is CC1C=C2C(=O)C=CC=C2O1. The lowest BCUT2D eigenvalue weighted by Crippen LogP contribution is -2.02. The van der Waals surface area contributed by atoms with Crippen LogP contribution in [0.4, 0.5) is 0 Å². The molecular weight excluding hydrogens is 140 g/mol. The summed E-state index contributed by atoms with van der Waals surface area (Å²) >= 11 is 0. The summed E-state index contributed by atoms with van der Waals surface area (Å²) in [5.41, 5.74) is 0.708. The Morgan fingerprint density at radius 1 is 1.55 bits per heavy atom. The molecule has 0 N–H and O–H groups in total. The Bertz CT molecular complexity index is 295. The molecule has 0 amide bonds. The molecule has 0 radical (unpaired) electrons. The molecule has 2 rings (SSSR count). The van der Waals surface area contributed by atoms with E-state index in [4.69, 9.17) is 4.74 Å². The maximum atomic E-state index is 11.1. The molecule has 1 aliphatic carbocycles. The van der Waals surface area contributed by atoms with E-state index in [1.807, 2.05) is 19.1 Å². The quantitative estimate of drug-likeness (QED) is 0.518. The highest BCUT2D eigenvalue weighted by molar-refractivity contribution is 6.08. The van der Waals surface area contributed by atoms with E-state index in [2.05, 4.69) is 0 Å². The molecule has 0 aromatic rings. The number of ether oxygens (including phenoxy) is 1. The Balaban J connectivity index is 2.44. The minimum Gasteiger partial charge on any atom is -0.486 e. The largest absolute Gasteiger partial charge is 0.486 e. The van der Waals surface area contributed by atoms with Crippen molar-refractivity contribution in [3.8, 4) is 0 Å². The summed E-state index contributed by atoms with van der Waals surface area (Å²) in [5.74, 6) is 0.761. The molecule has 1 aliphatic heterocycles. The second-order valence-corrected chi connectivity index (χ2v) is 2.66. The third kappa shape index (κ3) is 0.909. The van der Waals surface area contributed by atoms with E-state index in [0.29, 0.717) is 11.3 Å². The number of carbonyl (C=O) groups excluding carboxylic acids is 1. The summed E-state index contributed by atoms with van der Waals surface area (Å²) < 4.78 is 5.33. The number of allylic oxidation sites excluding steroid dienone is 4. The highest BCUT2D eigenvalue weighted by Gasteiger charge is 2.24. The Morgan fingerprint density at radius 3 is 3.09 bits per heavy atom. The van der Waals surface area contributed by atoms with Crippen LogP contribution in [0.25, 0.3) is 0 Å². The molecule has 0 bridgehead atoms. The molecule has 0 saturated heterocycles. The molecule has 2 heteroatoms. The van der Waals surface area contributed by atoms with Crippen molar-refractivity contribution in [1.29, 1.82) is 0 Å². The predicted octanol–water partition coefficient (Wildman–Crippen LogP) is 1.35. The summed E-state index contributed by atoms with van der Waals surface area (Å²) in [6.07, 6.45) is 6.97. The first-order chi connectivity index (χ1) is 5.27. The fourth-order valence-corrected chi connectivity index (χ4v) is 1.26. The van der Waals surface area contributed by atoms with Gasteiger partial charge in [0.15, 0.2) is 5.78 Å². The molecule has 11 heavy (non-hydrogen) atoms. The first-order valence-corrected chi connectivity index (χ1v) is 3.59. The van der Waals surface area contributed by atoms with Gasteiger partial charge in [-0.15, -0.1) is 0 Å². The smallest absolute Gasteiger partial charge is 0.189 e. The molecule has 1 heterocycles. The number of hydrogen-bond donors (Lipinski definition) is 0. The minimum atomic E-state index is 0.0418. The third-order valence-corrected chi connectivity index (χ3v) is 1.74. The average molecular weight is 148 g/mol. The van der Waals surface area contributed by atoms with E-state index < -0.39 is 0 Å². The lowest BCUT2D eigenvalue weighted by molar-refractivity contribution is -0.111. The maximum Gasteiger partial charge on any atom is 0.189 e. The van der Waals surface area contributed by atoms with E-state index in [-0.39, 0.29) is 11.9 Å². The normalized spacial score (nSPS) is 27.4. The molecule has 0 fully saturated rings. The Labute approximate surface area is 64.9 Å². The molecular formula is C9H8O2. The molecule has 2 nitrogen and oxygen atoms in total. The maximum absolute atomic E-state index is 11.1. The van der Waals surface area contributed by atoms with Gasteiger partial charge in [-0.1, -0.05) is 6.08 Å². The van der Waals surface area contributed by atoms with Crippen LogP contribution in [0, 0.1) is 0 Å². The van der Waals surface area contributed by atoms with E-state index in [9.17, 15) is 4.79 Å². The van der Waals surface area contributed by atoms with Gasteiger partial charge < -0.3 is 4.74 Å². The standard InChI is InChI=1S/C9H8O2/c1-6-5-7-8(10)3-2-4-9(7)11-6/h2-6H,1H3. The van der Waals surface area contributed by atoms with Gasteiger partial charge in [0, 0.05) is 0 Å². The van der Waals surface area contributed by atoms with E-state index in [1.54, 1.807) is 12.2 Å². The fraction of sp³-hybridized carbons (Fsp3) is 0.222. The molecule has 2 aliphatic rings. The molecule has 0 spiro atoms. The van der Waals surface area contributed by atoms with Crippen LogP contribution in [0.5, 0.6) is 0 Å². The van der Waals surface area contributed by atoms with Crippen molar-refractivity contribution in [2.45, 2.75) is 13.0 Å². The first-order valence-electron chi connectivity index (χ1n) is 3.59. The van der Waals surface area contributed by atoms with Gasteiger partial charge in [0.2, 0.25) is 0 Å². The third-order valence-electron chi connectivity index (χ3n) is 1.74. The van der Waals surface area contributed by atoms with Gasteiger partial charge >= 0.3 is 0 Å². The number of rotatable bonds is 0. The fourth-order valence-electron chi connectivity index (χ4n) is 1.26. The summed E-state index contributed by atoms with van der Waals surface area (Å²) in [6.45, 7) is 1.92. The summed E-state index contributed by atoms with van der Waals surface area (Å²) in [7, 11) is 0. The minimum absolute atomic E-state index is 0.0418. The Hall–Kier alpha value is -1.31. The Morgan fingerprint density at radius 2 is 2.36 bits per heavy atom. The molecule has 1 atom stereocenters. The summed E-state index contributed by atoms with van der Waals surface area (Å²) in [5, 5.41) is 0. The number of hydrogen-bond acceptors (Lipinski definition) is 2. The second-order valence-electron chi connectivity index (χ2n) is 2.66. The zero-order chi connectivity index (χ0) is 7.84. The monoisotopic (exact) mass is 148 g/mol. The van der Waals surface area contributed by atoms with Gasteiger partial charge in [-0.05, 0) is 25.2 Å². The second kappa shape index (κ2) is 2.09. The van der Waals surface area contributed by atoms with Crippen molar-refractivity contribution in [2.24, 2.45) is 0 Å². The van der Waals surface area contributed by atoms with Crippen LogP contribution in [0.2, 0.25) is 0 Å². The van der Waals surface area contributed by atoms with Crippen LogP contribution in [0.3, 0.4) is 0 Å². The van der Waals surface area contributed by atoms with Crippen molar-refractivity contribution in [2.75, 3.05) is 0 Å². The molecule has 0 aromatic carbocycles. The van der Waals surface area contributed by atoms with Gasteiger partial charge in [-0.3, -0.25) is 4.79 Å². The zero-order valence-electron chi connectivity index (χ0n) is 6.20. The average Bonchev–Trinajstić information content (AvgIpc) is 2.31. The van der Waals surface area contributed by atoms with Gasteiger partial charge in [-0.2, -0.15) is 0 Å². The number of fused-ring (bicyclic) bond motifs is 1. The van der Waals surface area contributed by atoms with E-state index >= 15 is 0 Å². The van der Waals surface area contributed by atoms with Crippen molar-refractivity contribution in [3.05, 3.63) is 35.6 Å². The van der Waals surface area contributed by atoms with E-state index in [1.165, 1.54) is 0 Å². The molecule has 1 unspecified atom stereocenters. The van der Waals surface area contributed by atoms with Crippen LogP contribution in [0.1, 0.15) is 6.92 Å². The van der Waals surface area contributed by atoms with Crippen molar-refractivity contribution < 1.29 is 9.53 Å². The van der Waals surface area contributed by atoms with Crippen LogP contribution in [-0.2, 0) is 9.53 Å². The highest BCUT2D eigenvalue weighted by atomic mass is 16.5. The number of ketones is 1. The van der Waals surface area contributed by atoms with E-state index in [0.717, 1.165) is 0 Å². The van der Waals surface area contributed by atoms with Crippen molar-refractivity contribution >= 4 is 5.78 Å². The molecule has 0 aromatic heterocycles.